The number of benzene rings is 1. The Hall–Kier alpha value is -4.19. The number of imidazole rings is 1. The lowest BCUT2D eigenvalue weighted by molar-refractivity contribution is -0.137. The average Bonchev–Trinajstić information content (AvgIpc) is 3.53. The van der Waals surface area contributed by atoms with Crippen LogP contribution in [0.5, 0.6) is 0 Å². The van der Waals surface area contributed by atoms with E-state index in [1.165, 1.54) is 6.07 Å². The zero-order valence-electron chi connectivity index (χ0n) is 19.4. The maximum absolute atomic E-state index is 13.3. The van der Waals surface area contributed by atoms with Gasteiger partial charge in [-0.15, -0.1) is 0 Å². The fourth-order valence-corrected chi connectivity index (χ4v) is 4.29. The van der Waals surface area contributed by atoms with Gasteiger partial charge >= 0.3 is 6.18 Å². The summed E-state index contributed by atoms with van der Waals surface area (Å²) >= 11 is 6.12. The molecule has 0 radical (unpaired) electrons. The fourth-order valence-electron chi connectivity index (χ4n) is 4.11. The highest BCUT2D eigenvalue weighted by atomic mass is 35.5. The molecule has 37 heavy (non-hydrogen) atoms. The summed E-state index contributed by atoms with van der Waals surface area (Å²) in [5, 5.41) is 3.06. The zero-order chi connectivity index (χ0) is 26.3. The monoisotopic (exact) mass is 528 g/mol. The van der Waals surface area contributed by atoms with Gasteiger partial charge < -0.3 is 20.5 Å². The molecule has 4 aromatic rings. The molecule has 0 spiro atoms. The second-order valence-electron chi connectivity index (χ2n) is 8.55. The van der Waals surface area contributed by atoms with E-state index in [1.807, 2.05) is 0 Å². The van der Waals surface area contributed by atoms with Crippen LogP contribution in [-0.2, 0) is 19.3 Å². The van der Waals surface area contributed by atoms with Crippen LogP contribution in [0.3, 0.4) is 0 Å². The number of hydrogen-bond donors (Lipinski definition) is 2. The highest BCUT2D eigenvalue weighted by molar-refractivity contribution is 6.28. The molecule has 0 saturated heterocycles. The summed E-state index contributed by atoms with van der Waals surface area (Å²) < 4.78 is 41.6. The number of carbonyl (C=O) groups is 1. The minimum Gasteiger partial charge on any atom is -0.399 e. The van der Waals surface area contributed by atoms with Crippen molar-refractivity contribution in [1.29, 1.82) is 0 Å². The van der Waals surface area contributed by atoms with Gasteiger partial charge in [-0.3, -0.25) is 4.79 Å². The number of rotatable bonds is 5. The molecular formula is C24H20ClF3N8O. The number of anilines is 2. The number of nitrogens with one attached hydrogen (secondary N) is 1. The maximum Gasteiger partial charge on any atom is 0.416 e. The van der Waals surface area contributed by atoms with Crippen LogP contribution < -0.4 is 11.1 Å². The molecule has 13 heteroatoms. The van der Waals surface area contributed by atoms with E-state index in [0.29, 0.717) is 22.6 Å². The standard InChI is InChI=1S/C24H20ClF3N8O/c1-13(14-6-15(24(26,27)28)8-16(29)7-14)32-21-18-10-36(11-20(18)33-23(25)34-21)22(37)19-3-2-17(9-31-19)35-5-4-30-12-35/h2-9,12-13H,10-11,29H2,1H3,(H,32,33,34)/t13-/m1/s1. The van der Waals surface area contributed by atoms with E-state index < -0.39 is 17.8 Å². The summed E-state index contributed by atoms with van der Waals surface area (Å²) in [4.78, 5) is 31.5. The lowest BCUT2D eigenvalue weighted by Crippen LogP contribution is -2.26. The molecule has 0 saturated carbocycles. The molecule has 1 atom stereocenters. The van der Waals surface area contributed by atoms with Gasteiger partial charge in [-0.2, -0.15) is 13.2 Å². The Morgan fingerprint density at radius 1 is 1.19 bits per heavy atom. The molecule has 190 valence electrons. The van der Waals surface area contributed by atoms with Crippen LogP contribution in [0.15, 0.2) is 55.2 Å². The summed E-state index contributed by atoms with van der Waals surface area (Å²) in [7, 11) is 0. The minimum atomic E-state index is -4.53. The number of halogens is 4. The second-order valence-corrected chi connectivity index (χ2v) is 8.89. The summed E-state index contributed by atoms with van der Waals surface area (Å²) in [6.45, 7) is 2.04. The van der Waals surface area contributed by atoms with Gasteiger partial charge in [-0.25, -0.2) is 19.9 Å². The SMILES string of the molecule is C[C@@H](Nc1nc(Cl)nc2c1CN(C(=O)c1ccc(-n3ccnc3)cn1)C2)c1cc(N)cc(C(F)(F)F)c1. The molecule has 1 amide bonds. The predicted octanol–water partition coefficient (Wildman–Crippen LogP) is 4.64. The van der Waals surface area contributed by atoms with Crippen LogP contribution >= 0.6 is 11.6 Å². The molecule has 1 aromatic carbocycles. The third-order valence-electron chi connectivity index (χ3n) is 5.97. The van der Waals surface area contributed by atoms with Gasteiger partial charge in [0.15, 0.2) is 0 Å². The summed E-state index contributed by atoms with van der Waals surface area (Å²) in [6, 6.07) is 6.17. The molecular weight excluding hydrogens is 509 g/mol. The van der Waals surface area contributed by atoms with Gasteiger partial charge in [-0.1, -0.05) is 0 Å². The Morgan fingerprint density at radius 2 is 2.00 bits per heavy atom. The minimum absolute atomic E-state index is 0.00671. The predicted molar refractivity (Wildman–Crippen MR) is 130 cm³/mol. The van der Waals surface area contributed by atoms with Gasteiger partial charge in [0.05, 0.1) is 48.6 Å². The van der Waals surface area contributed by atoms with E-state index >= 15 is 0 Å². The number of pyridine rings is 1. The number of fused-ring (bicyclic) bond motifs is 1. The fraction of sp³-hybridized carbons (Fsp3) is 0.208. The molecule has 0 aliphatic carbocycles. The summed E-state index contributed by atoms with van der Waals surface area (Å²) in [5.41, 5.74) is 7.36. The molecule has 1 aliphatic rings. The van der Waals surface area contributed by atoms with Crippen molar-refractivity contribution in [3.05, 3.63) is 88.6 Å². The van der Waals surface area contributed by atoms with E-state index in [-0.39, 0.29) is 35.7 Å². The Morgan fingerprint density at radius 3 is 2.68 bits per heavy atom. The molecule has 0 bridgehead atoms. The van der Waals surface area contributed by atoms with Crippen LogP contribution in [0.4, 0.5) is 24.7 Å². The van der Waals surface area contributed by atoms with E-state index in [1.54, 1.807) is 53.4 Å². The first-order chi connectivity index (χ1) is 17.6. The maximum atomic E-state index is 13.3. The van der Waals surface area contributed by atoms with Crippen LogP contribution in [0, 0.1) is 0 Å². The van der Waals surface area contributed by atoms with Crippen molar-refractivity contribution < 1.29 is 18.0 Å². The molecule has 3 N–H and O–H groups in total. The number of alkyl halides is 3. The Kier molecular flexibility index (Phi) is 6.20. The van der Waals surface area contributed by atoms with Crippen LogP contribution in [0.25, 0.3) is 5.69 Å². The number of nitrogens with two attached hydrogens (primary N) is 1. The van der Waals surface area contributed by atoms with Crippen LogP contribution in [0.1, 0.15) is 45.8 Å². The van der Waals surface area contributed by atoms with Crippen molar-refractivity contribution in [3.8, 4) is 5.69 Å². The summed E-state index contributed by atoms with van der Waals surface area (Å²) in [5.74, 6) is 0.0214. The Bertz CT molecular complexity index is 1460. The van der Waals surface area contributed by atoms with Crippen molar-refractivity contribution in [3.63, 3.8) is 0 Å². The number of hydrogen-bond acceptors (Lipinski definition) is 7. The smallest absolute Gasteiger partial charge is 0.399 e. The Labute approximate surface area is 214 Å². The molecule has 9 nitrogen and oxygen atoms in total. The van der Waals surface area contributed by atoms with Crippen molar-refractivity contribution in [1.82, 2.24) is 29.4 Å². The molecule has 5 rings (SSSR count). The first-order valence-corrected chi connectivity index (χ1v) is 11.5. The molecule has 0 unspecified atom stereocenters. The topological polar surface area (TPSA) is 115 Å². The quantitative estimate of drug-likeness (QED) is 0.286. The normalized spacial score (nSPS) is 13.9. The molecule has 3 aromatic heterocycles. The van der Waals surface area contributed by atoms with E-state index in [0.717, 1.165) is 17.8 Å². The second kappa shape index (κ2) is 9.36. The molecule has 0 fully saturated rings. The first kappa shape index (κ1) is 24.5. The van der Waals surface area contributed by atoms with Crippen LogP contribution in [0.2, 0.25) is 5.28 Å². The van der Waals surface area contributed by atoms with Crippen molar-refractivity contribution >= 4 is 29.0 Å². The third kappa shape index (κ3) is 5.05. The van der Waals surface area contributed by atoms with E-state index in [9.17, 15) is 18.0 Å². The summed E-state index contributed by atoms with van der Waals surface area (Å²) in [6.07, 6.45) is 2.07. The highest BCUT2D eigenvalue weighted by Crippen LogP contribution is 2.35. The van der Waals surface area contributed by atoms with Gasteiger partial charge in [0.2, 0.25) is 5.28 Å². The van der Waals surface area contributed by atoms with E-state index in [4.69, 9.17) is 17.3 Å². The van der Waals surface area contributed by atoms with Crippen molar-refractivity contribution in [2.24, 2.45) is 0 Å². The van der Waals surface area contributed by atoms with Gasteiger partial charge in [0, 0.05) is 23.6 Å². The number of nitrogens with zero attached hydrogens (tertiary/aromatic N) is 6. The Balaban J connectivity index is 1.36. The number of amides is 1. The number of aromatic nitrogens is 5. The lowest BCUT2D eigenvalue weighted by Gasteiger charge is -2.19. The number of nitrogen functional groups attached to an aromatic ring is 1. The van der Waals surface area contributed by atoms with Crippen LogP contribution in [-0.4, -0.2) is 35.3 Å². The molecule has 4 heterocycles. The largest absolute Gasteiger partial charge is 0.416 e. The van der Waals surface area contributed by atoms with Crippen molar-refractivity contribution in [2.75, 3.05) is 11.1 Å². The van der Waals surface area contributed by atoms with Gasteiger partial charge in [0.25, 0.3) is 5.91 Å². The van der Waals surface area contributed by atoms with Gasteiger partial charge in [0.1, 0.15) is 11.5 Å². The zero-order valence-corrected chi connectivity index (χ0v) is 20.1. The molecule has 1 aliphatic heterocycles. The highest BCUT2D eigenvalue weighted by Gasteiger charge is 2.32. The first-order valence-electron chi connectivity index (χ1n) is 11.1. The third-order valence-corrected chi connectivity index (χ3v) is 6.14. The van der Waals surface area contributed by atoms with Crippen molar-refractivity contribution in [2.45, 2.75) is 32.2 Å². The van der Waals surface area contributed by atoms with E-state index in [2.05, 4.69) is 25.3 Å². The van der Waals surface area contributed by atoms with Gasteiger partial charge in [-0.05, 0) is 54.4 Å². The lowest BCUT2D eigenvalue weighted by atomic mass is 10.0. The number of carbonyl (C=O) groups excluding carboxylic acids is 1. The average molecular weight is 529 g/mol.